The molecule has 4 rings (SSSR count). The first kappa shape index (κ1) is 23.6. The van der Waals surface area contributed by atoms with Crippen molar-refractivity contribution in [1.29, 1.82) is 0 Å². The van der Waals surface area contributed by atoms with Gasteiger partial charge in [0.15, 0.2) is 6.10 Å². The predicted molar refractivity (Wildman–Crippen MR) is 127 cm³/mol. The number of nitrogens with zero attached hydrogens (tertiary/aromatic N) is 1. The van der Waals surface area contributed by atoms with Gasteiger partial charge in [0.2, 0.25) is 10.0 Å². The summed E-state index contributed by atoms with van der Waals surface area (Å²) in [5, 5.41) is 2.83. The van der Waals surface area contributed by atoms with Crippen molar-refractivity contribution < 1.29 is 22.7 Å². The molecule has 33 heavy (non-hydrogen) atoms. The Bertz CT molecular complexity index is 1110. The van der Waals surface area contributed by atoms with Gasteiger partial charge in [-0.3, -0.25) is 4.79 Å². The van der Waals surface area contributed by atoms with Crippen LogP contribution in [-0.4, -0.2) is 44.9 Å². The Morgan fingerprint density at radius 3 is 2.45 bits per heavy atom. The Kier molecular flexibility index (Phi) is 7.24. The minimum atomic E-state index is -3.61. The normalized spacial score (nSPS) is 17.3. The molecule has 0 bridgehead atoms. The van der Waals surface area contributed by atoms with E-state index in [1.165, 1.54) is 47.5 Å². The molecule has 2 aromatic carbocycles. The summed E-state index contributed by atoms with van der Waals surface area (Å²) >= 11 is 0. The zero-order chi connectivity index (χ0) is 23.4. The third-order valence-corrected chi connectivity index (χ3v) is 8.29. The highest BCUT2D eigenvalue weighted by atomic mass is 32.2. The lowest BCUT2D eigenvalue weighted by Crippen LogP contribution is -2.33. The van der Waals surface area contributed by atoms with Crippen molar-refractivity contribution in [3.8, 4) is 11.5 Å². The van der Waals surface area contributed by atoms with Crippen molar-refractivity contribution in [1.82, 2.24) is 4.31 Å². The molecular weight excluding hydrogens is 440 g/mol. The quantitative estimate of drug-likeness (QED) is 0.624. The molecule has 1 saturated heterocycles. The number of fused-ring (bicyclic) bond motifs is 1. The largest absolute Gasteiger partial charge is 0.495 e. The number of rotatable bonds is 8. The number of methoxy groups -OCH3 is 1. The second-order valence-corrected chi connectivity index (χ2v) is 10.6. The number of amides is 1. The Labute approximate surface area is 196 Å². The third kappa shape index (κ3) is 5.17. The van der Waals surface area contributed by atoms with Crippen LogP contribution in [0.2, 0.25) is 0 Å². The van der Waals surface area contributed by atoms with Crippen LogP contribution in [0.4, 0.5) is 5.69 Å². The summed E-state index contributed by atoms with van der Waals surface area (Å²) in [6, 6.07) is 10.6. The van der Waals surface area contributed by atoms with Crippen molar-refractivity contribution in [2.45, 2.75) is 62.9 Å². The molecule has 0 saturated carbocycles. The van der Waals surface area contributed by atoms with Crippen LogP contribution in [0.5, 0.6) is 11.5 Å². The molecule has 2 aromatic rings. The molecular formula is C25H32N2O5S. The fourth-order valence-electron chi connectivity index (χ4n) is 4.51. The van der Waals surface area contributed by atoms with Gasteiger partial charge in [-0.2, -0.15) is 4.31 Å². The van der Waals surface area contributed by atoms with Crippen LogP contribution in [0.3, 0.4) is 0 Å². The summed E-state index contributed by atoms with van der Waals surface area (Å²) in [4.78, 5) is 13.2. The fraction of sp³-hybridized carbons (Fsp3) is 0.480. The van der Waals surface area contributed by atoms with Gasteiger partial charge in [0.25, 0.3) is 5.91 Å². The minimum Gasteiger partial charge on any atom is -0.495 e. The fourth-order valence-corrected chi connectivity index (χ4v) is 6.05. The summed E-state index contributed by atoms with van der Waals surface area (Å²) in [7, 11) is -2.12. The molecule has 0 spiro atoms. The van der Waals surface area contributed by atoms with Gasteiger partial charge in [-0.25, -0.2) is 8.42 Å². The van der Waals surface area contributed by atoms with Gasteiger partial charge in [-0.15, -0.1) is 0 Å². The Balaban J connectivity index is 1.52. The topological polar surface area (TPSA) is 84.9 Å². The summed E-state index contributed by atoms with van der Waals surface area (Å²) in [6.07, 6.45) is 5.97. The van der Waals surface area contributed by atoms with Crippen LogP contribution in [0.1, 0.15) is 50.2 Å². The summed E-state index contributed by atoms with van der Waals surface area (Å²) in [5.41, 5.74) is 2.96. The lowest BCUT2D eigenvalue weighted by Gasteiger charge is -2.21. The molecule has 0 aromatic heterocycles. The number of carbonyl (C=O) groups excluding carboxylic acids is 1. The van der Waals surface area contributed by atoms with E-state index in [1.54, 1.807) is 6.07 Å². The maximum atomic E-state index is 13.1. The molecule has 178 valence electrons. The van der Waals surface area contributed by atoms with Gasteiger partial charge in [0.1, 0.15) is 11.5 Å². The van der Waals surface area contributed by atoms with Crippen molar-refractivity contribution in [3.63, 3.8) is 0 Å². The Morgan fingerprint density at radius 1 is 1.03 bits per heavy atom. The number of hydrogen-bond acceptors (Lipinski definition) is 5. The summed E-state index contributed by atoms with van der Waals surface area (Å²) in [6.45, 7) is 2.92. The van der Waals surface area contributed by atoms with E-state index in [0.29, 0.717) is 36.7 Å². The first-order valence-corrected chi connectivity index (χ1v) is 13.1. The van der Waals surface area contributed by atoms with E-state index < -0.39 is 16.1 Å². The average molecular weight is 473 g/mol. The molecule has 0 unspecified atom stereocenters. The van der Waals surface area contributed by atoms with Crippen molar-refractivity contribution in [2.75, 3.05) is 25.5 Å². The zero-order valence-electron chi connectivity index (χ0n) is 19.3. The van der Waals surface area contributed by atoms with E-state index >= 15 is 0 Å². The molecule has 0 radical (unpaired) electrons. The van der Waals surface area contributed by atoms with Gasteiger partial charge in [0, 0.05) is 13.1 Å². The minimum absolute atomic E-state index is 0.143. The molecule has 1 atom stereocenters. The average Bonchev–Trinajstić information content (AvgIpc) is 3.38. The van der Waals surface area contributed by atoms with Crippen LogP contribution >= 0.6 is 0 Å². The molecule has 1 aliphatic heterocycles. The van der Waals surface area contributed by atoms with Gasteiger partial charge in [-0.05, 0) is 86.4 Å². The van der Waals surface area contributed by atoms with Gasteiger partial charge >= 0.3 is 0 Å². The van der Waals surface area contributed by atoms with Crippen LogP contribution in [0.25, 0.3) is 0 Å². The lowest BCUT2D eigenvalue weighted by atomic mass is 9.92. The van der Waals surface area contributed by atoms with E-state index in [9.17, 15) is 13.2 Å². The predicted octanol–water partition coefficient (Wildman–Crippen LogP) is 4.15. The first-order chi connectivity index (χ1) is 15.9. The number of sulfonamides is 1. The smallest absolute Gasteiger partial charge is 0.265 e. The Hall–Kier alpha value is -2.58. The van der Waals surface area contributed by atoms with E-state index in [0.717, 1.165) is 25.7 Å². The standard InChI is InChI=1S/C25H32N2O5S/c1-3-23(32-20-11-10-18-8-4-5-9-19(18)16-20)25(28)26-22-17-21(12-13-24(22)31-2)33(29,30)27-14-6-7-15-27/h10-13,16-17,23H,3-9,14-15H2,1-2H3,(H,26,28)/t23-/m1/s1. The highest BCUT2D eigenvalue weighted by molar-refractivity contribution is 7.89. The lowest BCUT2D eigenvalue weighted by molar-refractivity contribution is -0.122. The molecule has 1 aliphatic carbocycles. The molecule has 8 heteroatoms. The van der Waals surface area contributed by atoms with E-state index in [-0.39, 0.29) is 10.8 Å². The number of ether oxygens (including phenoxy) is 2. The van der Waals surface area contributed by atoms with Crippen molar-refractivity contribution in [3.05, 3.63) is 47.5 Å². The monoisotopic (exact) mass is 472 g/mol. The number of carbonyl (C=O) groups is 1. The van der Waals surface area contributed by atoms with Gasteiger partial charge in [-0.1, -0.05) is 13.0 Å². The maximum Gasteiger partial charge on any atom is 0.265 e. The highest BCUT2D eigenvalue weighted by Crippen LogP contribution is 2.31. The second-order valence-electron chi connectivity index (χ2n) is 8.61. The van der Waals surface area contributed by atoms with Crippen molar-refractivity contribution in [2.24, 2.45) is 0 Å². The molecule has 1 N–H and O–H groups in total. The number of hydrogen-bond donors (Lipinski definition) is 1. The Morgan fingerprint density at radius 2 is 1.76 bits per heavy atom. The number of benzene rings is 2. The highest BCUT2D eigenvalue weighted by Gasteiger charge is 2.28. The molecule has 1 heterocycles. The summed E-state index contributed by atoms with van der Waals surface area (Å²) < 4.78 is 38.8. The molecule has 1 amide bonds. The number of aryl methyl sites for hydroxylation is 2. The first-order valence-electron chi connectivity index (χ1n) is 11.7. The number of anilines is 1. The number of nitrogens with one attached hydrogen (secondary N) is 1. The van der Waals surface area contributed by atoms with Crippen LogP contribution in [-0.2, 0) is 27.7 Å². The summed E-state index contributed by atoms with van der Waals surface area (Å²) in [5.74, 6) is 0.728. The zero-order valence-corrected chi connectivity index (χ0v) is 20.1. The van der Waals surface area contributed by atoms with Gasteiger partial charge < -0.3 is 14.8 Å². The van der Waals surface area contributed by atoms with E-state index in [4.69, 9.17) is 9.47 Å². The molecule has 1 fully saturated rings. The molecule has 2 aliphatic rings. The van der Waals surface area contributed by atoms with Crippen molar-refractivity contribution >= 4 is 21.6 Å². The SMILES string of the molecule is CC[C@@H](Oc1ccc2c(c1)CCCC2)C(=O)Nc1cc(S(=O)(=O)N2CCCC2)ccc1OC. The maximum absolute atomic E-state index is 13.1. The second kappa shape index (κ2) is 10.1. The van der Waals surface area contributed by atoms with Crippen LogP contribution in [0, 0.1) is 0 Å². The third-order valence-electron chi connectivity index (χ3n) is 6.39. The van der Waals surface area contributed by atoms with E-state index in [2.05, 4.69) is 11.4 Å². The molecule has 7 nitrogen and oxygen atoms in total. The van der Waals surface area contributed by atoms with Gasteiger partial charge in [0.05, 0.1) is 17.7 Å². The van der Waals surface area contributed by atoms with Crippen LogP contribution in [0.15, 0.2) is 41.3 Å². The van der Waals surface area contributed by atoms with E-state index in [1.807, 2.05) is 19.1 Å². The van der Waals surface area contributed by atoms with Crippen LogP contribution < -0.4 is 14.8 Å².